The molecule has 1 aromatic heterocycles. The van der Waals surface area contributed by atoms with E-state index in [-0.39, 0.29) is 12.0 Å². The number of nitrogens with zero attached hydrogens (tertiary/aromatic N) is 2. The van der Waals surface area contributed by atoms with Gasteiger partial charge in [0.2, 0.25) is 5.91 Å². The average molecular weight is 371 g/mol. The largest absolute Gasteiger partial charge is 0.379 e. The molecule has 0 saturated carbocycles. The van der Waals surface area contributed by atoms with Crippen molar-refractivity contribution < 1.29 is 14.3 Å². The third-order valence-corrected chi connectivity index (χ3v) is 5.53. The summed E-state index contributed by atoms with van der Waals surface area (Å²) < 4.78 is 13.3. The number of ether oxygens (including phenoxy) is 2. The molecule has 3 heterocycles. The molecule has 1 N–H and O–H groups in total. The molecule has 2 aliphatic heterocycles. The second-order valence-corrected chi connectivity index (χ2v) is 7.46. The molecular formula is C21H29N3O3. The minimum absolute atomic E-state index is 0.0663. The molecule has 2 aliphatic rings. The molecule has 1 aromatic carbocycles. The van der Waals surface area contributed by atoms with Gasteiger partial charge in [-0.1, -0.05) is 0 Å². The molecule has 4 rings (SSSR count). The number of benzene rings is 1. The number of fused-ring (bicyclic) bond motifs is 1. The van der Waals surface area contributed by atoms with Gasteiger partial charge >= 0.3 is 0 Å². The van der Waals surface area contributed by atoms with Gasteiger partial charge in [-0.3, -0.25) is 9.69 Å². The molecule has 1 amide bonds. The maximum Gasteiger partial charge on any atom is 0.224 e. The number of aromatic nitrogens is 1. The molecule has 6 heteroatoms. The second kappa shape index (κ2) is 8.87. The van der Waals surface area contributed by atoms with Crippen LogP contribution in [0, 0.1) is 0 Å². The highest BCUT2D eigenvalue weighted by Gasteiger charge is 2.17. The molecule has 6 nitrogen and oxygen atoms in total. The van der Waals surface area contributed by atoms with E-state index in [1.807, 2.05) is 6.07 Å². The Bertz CT molecular complexity index is 761. The quantitative estimate of drug-likeness (QED) is 0.813. The summed E-state index contributed by atoms with van der Waals surface area (Å²) in [4.78, 5) is 14.6. The van der Waals surface area contributed by atoms with E-state index in [2.05, 4.69) is 39.2 Å². The predicted octanol–water partition coefficient (Wildman–Crippen LogP) is 2.87. The van der Waals surface area contributed by atoms with Gasteiger partial charge in [-0.2, -0.15) is 0 Å². The SMILES string of the molecule is O=C(CC[C@@H]1CCCO1)Nc1ccc2c(ccn2CCN2CCOCC2)c1. The molecule has 0 unspecified atom stereocenters. The first-order valence-electron chi connectivity index (χ1n) is 10.1. The van der Waals surface area contributed by atoms with Gasteiger partial charge in [0, 0.05) is 62.0 Å². The number of rotatable bonds is 7. The van der Waals surface area contributed by atoms with Gasteiger partial charge in [-0.25, -0.2) is 0 Å². The van der Waals surface area contributed by atoms with Crippen molar-refractivity contribution in [3.63, 3.8) is 0 Å². The summed E-state index contributed by atoms with van der Waals surface area (Å²) in [6.45, 7) is 6.55. The lowest BCUT2D eigenvalue weighted by Crippen LogP contribution is -2.38. The van der Waals surface area contributed by atoms with Crippen LogP contribution in [0.25, 0.3) is 10.9 Å². The molecule has 27 heavy (non-hydrogen) atoms. The van der Waals surface area contributed by atoms with Gasteiger partial charge < -0.3 is 19.4 Å². The zero-order chi connectivity index (χ0) is 18.5. The molecular weight excluding hydrogens is 342 g/mol. The average Bonchev–Trinajstić information content (AvgIpc) is 3.35. The first-order chi connectivity index (χ1) is 13.3. The first-order valence-corrected chi connectivity index (χ1v) is 10.1. The Morgan fingerprint density at radius 3 is 2.85 bits per heavy atom. The normalized spacial score (nSPS) is 21.0. The Balaban J connectivity index is 1.31. The van der Waals surface area contributed by atoms with Gasteiger partial charge in [0.15, 0.2) is 0 Å². The van der Waals surface area contributed by atoms with Gasteiger partial charge in [-0.05, 0) is 43.5 Å². The molecule has 2 fully saturated rings. The van der Waals surface area contributed by atoms with Gasteiger partial charge in [0.05, 0.1) is 19.3 Å². The fraction of sp³-hybridized carbons (Fsp3) is 0.571. The lowest BCUT2D eigenvalue weighted by atomic mass is 10.1. The molecule has 0 spiro atoms. The Hall–Kier alpha value is -1.89. The van der Waals surface area contributed by atoms with Crippen molar-refractivity contribution in [2.24, 2.45) is 0 Å². The summed E-state index contributed by atoms with van der Waals surface area (Å²) in [5, 5.41) is 4.19. The molecule has 2 aromatic rings. The predicted molar refractivity (Wildman–Crippen MR) is 106 cm³/mol. The topological polar surface area (TPSA) is 55.7 Å². The number of hydrogen-bond donors (Lipinski definition) is 1. The van der Waals surface area contributed by atoms with E-state index in [0.29, 0.717) is 6.42 Å². The summed E-state index contributed by atoms with van der Waals surface area (Å²) in [7, 11) is 0. The van der Waals surface area contributed by atoms with E-state index in [0.717, 1.165) is 76.3 Å². The van der Waals surface area contributed by atoms with Crippen molar-refractivity contribution in [2.75, 3.05) is 44.8 Å². The fourth-order valence-corrected chi connectivity index (χ4v) is 3.93. The van der Waals surface area contributed by atoms with Crippen LogP contribution in [0.3, 0.4) is 0 Å². The standard InChI is InChI=1S/C21H29N3O3/c25-21(6-4-19-2-1-13-27-19)22-18-3-5-20-17(16-18)7-8-24(20)10-9-23-11-14-26-15-12-23/h3,5,7-8,16,19H,1-2,4,6,9-15H2,(H,22,25)/t19-/m0/s1. The zero-order valence-corrected chi connectivity index (χ0v) is 15.9. The van der Waals surface area contributed by atoms with E-state index in [1.54, 1.807) is 0 Å². The molecule has 146 valence electrons. The summed E-state index contributed by atoms with van der Waals surface area (Å²) >= 11 is 0. The van der Waals surface area contributed by atoms with Crippen molar-refractivity contribution in [3.8, 4) is 0 Å². The van der Waals surface area contributed by atoms with E-state index < -0.39 is 0 Å². The minimum atomic E-state index is 0.0663. The van der Waals surface area contributed by atoms with Crippen LogP contribution in [0.5, 0.6) is 0 Å². The maximum absolute atomic E-state index is 12.2. The van der Waals surface area contributed by atoms with Gasteiger partial charge in [-0.15, -0.1) is 0 Å². The van der Waals surface area contributed by atoms with Crippen molar-refractivity contribution in [1.82, 2.24) is 9.47 Å². The zero-order valence-electron chi connectivity index (χ0n) is 15.9. The summed E-state index contributed by atoms with van der Waals surface area (Å²) in [6, 6.07) is 8.28. The maximum atomic E-state index is 12.2. The summed E-state index contributed by atoms with van der Waals surface area (Å²) in [6.07, 6.45) is 5.92. The number of anilines is 1. The molecule has 1 atom stereocenters. The highest BCUT2D eigenvalue weighted by Crippen LogP contribution is 2.22. The van der Waals surface area contributed by atoms with Crippen LogP contribution in [-0.4, -0.2) is 60.9 Å². The summed E-state index contributed by atoms with van der Waals surface area (Å²) in [5.74, 6) is 0.0663. The van der Waals surface area contributed by atoms with Gasteiger partial charge in [0.25, 0.3) is 0 Å². The van der Waals surface area contributed by atoms with Crippen LogP contribution in [0.2, 0.25) is 0 Å². The summed E-state index contributed by atoms with van der Waals surface area (Å²) in [5.41, 5.74) is 2.08. The molecule has 0 bridgehead atoms. The second-order valence-electron chi connectivity index (χ2n) is 7.46. The van der Waals surface area contributed by atoms with Crippen LogP contribution < -0.4 is 5.32 Å². The van der Waals surface area contributed by atoms with Crippen LogP contribution in [0.4, 0.5) is 5.69 Å². The fourth-order valence-electron chi connectivity index (χ4n) is 3.93. The van der Waals surface area contributed by atoms with Crippen LogP contribution in [0.15, 0.2) is 30.5 Å². The highest BCUT2D eigenvalue weighted by molar-refractivity contribution is 5.93. The van der Waals surface area contributed by atoms with Crippen molar-refractivity contribution in [3.05, 3.63) is 30.5 Å². The number of carbonyl (C=O) groups excluding carboxylic acids is 1. The molecule has 0 radical (unpaired) electrons. The number of hydrogen-bond acceptors (Lipinski definition) is 4. The first kappa shape index (κ1) is 18.5. The van der Waals surface area contributed by atoms with Crippen molar-refractivity contribution in [1.29, 1.82) is 0 Å². The van der Waals surface area contributed by atoms with E-state index in [4.69, 9.17) is 9.47 Å². The monoisotopic (exact) mass is 371 g/mol. The number of amides is 1. The van der Waals surface area contributed by atoms with Crippen LogP contribution >= 0.6 is 0 Å². The molecule has 0 aliphatic carbocycles. The Morgan fingerprint density at radius 1 is 1.15 bits per heavy atom. The van der Waals surface area contributed by atoms with Gasteiger partial charge in [0.1, 0.15) is 0 Å². The van der Waals surface area contributed by atoms with Crippen molar-refractivity contribution in [2.45, 2.75) is 38.3 Å². The number of carbonyl (C=O) groups is 1. The Labute approximate surface area is 160 Å². The molecule has 2 saturated heterocycles. The number of nitrogens with one attached hydrogen (secondary N) is 1. The lowest BCUT2D eigenvalue weighted by molar-refractivity contribution is -0.116. The Kier molecular flexibility index (Phi) is 6.07. The van der Waals surface area contributed by atoms with E-state index in [1.165, 1.54) is 5.52 Å². The van der Waals surface area contributed by atoms with E-state index in [9.17, 15) is 4.79 Å². The van der Waals surface area contributed by atoms with E-state index >= 15 is 0 Å². The number of morpholine rings is 1. The smallest absolute Gasteiger partial charge is 0.224 e. The third kappa shape index (κ3) is 4.89. The van der Waals surface area contributed by atoms with Crippen molar-refractivity contribution >= 4 is 22.5 Å². The minimum Gasteiger partial charge on any atom is -0.379 e. The van der Waals surface area contributed by atoms with Crippen LogP contribution in [-0.2, 0) is 20.8 Å². The lowest BCUT2D eigenvalue weighted by Gasteiger charge is -2.26. The highest BCUT2D eigenvalue weighted by atomic mass is 16.5. The Morgan fingerprint density at radius 2 is 2.04 bits per heavy atom. The third-order valence-electron chi connectivity index (χ3n) is 5.53. The van der Waals surface area contributed by atoms with Crippen LogP contribution in [0.1, 0.15) is 25.7 Å².